The number of nitrogens with one attached hydrogen (secondary N) is 2. The van der Waals surface area contributed by atoms with Gasteiger partial charge in [0.05, 0.1) is 11.3 Å². The molecular weight excluding hydrogens is 406 g/mol. The molecule has 0 unspecified atom stereocenters. The number of benzene rings is 3. The Morgan fingerprint density at radius 2 is 1.90 bits per heavy atom. The van der Waals surface area contributed by atoms with Crippen molar-refractivity contribution in [2.24, 2.45) is 0 Å². The Bertz CT molecular complexity index is 1310. The van der Waals surface area contributed by atoms with Crippen LogP contribution in [0.15, 0.2) is 82.7 Å². The number of anilines is 1. The second-order valence-corrected chi connectivity index (χ2v) is 8.50. The van der Waals surface area contributed by atoms with E-state index in [1.54, 1.807) is 16.7 Å². The smallest absolute Gasteiger partial charge is 0.259 e. The van der Waals surface area contributed by atoms with Gasteiger partial charge in [0.1, 0.15) is 0 Å². The number of carbonyl (C=O) groups is 2. The molecule has 0 saturated heterocycles. The zero-order valence-corrected chi connectivity index (χ0v) is 17.8. The van der Waals surface area contributed by atoms with Gasteiger partial charge in [-0.25, -0.2) is 0 Å². The topological polar surface area (TPSA) is 65.2 Å². The van der Waals surface area contributed by atoms with E-state index < -0.39 is 0 Å². The van der Waals surface area contributed by atoms with E-state index in [9.17, 15) is 9.59 Å². The lowest BCUT2D eigenvalue weighted by Gasteiger charge is -2.21. The van der Waals surface area contributed by atoms with Crippen LogP contribution in [0.4, 0.5) is 5.69 Å². The molecule has 0 atom stereocenters. The molecular formula is C25H21N3O2S. The summed E-state index contributed by atoms with van der Waals surface area (Å²) in [4.78, 5) is 32.8. The molecule has 5 rings (SSSR count). The van der Waals surface area contributed by atoms with Gasteiger partial charge in [0.2, 0.25) is 0 Å². The van der Waals surface area contributed by atoms with Gasteiger partial charge in [0, 0.05) is 40.2 Å². The molecule has 2 heterocycles. The van der Waals surface area contributed by atoms with Crippen molar-refractivity contribution in [3.63, 3.8) is 0 Å². The first-order chi connectivity index (χ1) is 15.1. The van der Waals surface area contributed by atoms with Gasteiger partial charge in [-0.3, -0.25) is 9.59 Å². The highest BCUT2D eigenvalue weighted by Gasteiger charge is 2.26. The van der Waals surface area contributed by atoms with Crippen LogP contribution >= 0.6 is 11.8 Å². The van der Waals surface area contributed by atoms with E-state index in [1.807, 2.05) is 79.9 Å². The number of hydrogen-bond donors (Lipinski definition) is 2. The molecule has 5 nitrogen and oxygen atoms in total. The molecule has 3 aromatic carbocycles. The normalized spacial score (nSPS) is 12.9. The summed E-state index contributed by atoms with van der Waals surface area (Å²) in [7, 11) is 0. The number of aromatic amines is 1. The van der Waals surface area contributed by atoms with Gasteiger partial charge < -0.3 is 15.2 Å². The third kappa shape index (κ3) is 3.59. The van der Waals surface area contributed by atoms with E-state index in [0.29, 0.717) is 24.2 Å². The fourth-order valence-corrected chi connectivity index (χ4v) is 4.92. The van der Waals surface area contributed by atoms with Crippen LogP contribution in [0.5, 0.6) is 0 Å². The summed E-state index contributed by atoms with van der Waals surface area (Å²) in [6.07, 6.45) is 1.90. The maximum absolute atomic E-state index is 13.1. The Labute approximate surface area is 184 Å². The first kappa shape index (κ1) is 19.5. The maximum Gasteiger partial charge on any atom is 0.259 e. The summed E-state index contributed by atoms with van der Waals surface area (Å²) < 4.78 is 0. The van der Waals surface area contributed by atoms with Gasteiger partial charge in [-0.1, -0.05) is 36.0 Å². The average molecular weight is 428 g/mol. The minimum Gasteiger partial charge on any atom is -0.361 e. The third-order valence-electron chi connectivity index (χ3n) is 5.48. The lowest BCUT2D eigenvalue weighted by atomic mass is 10.1. The van der Waals surface area contributed by atoms with Crippen molar-refractivity contribution >= 4 is 40.2 Å². The molecule has 0 radical (unpaired) electrons. The van der Waals surface area contributed by atoms with E-state index in [2.05, 4.69) is 10.3 Å². The number of amides is 2. The number of rotatable bonds is 4. The van der Waals surface area contributed by atoms with Crippen LogP contribution in [0.3, 0.4) is 0 Å². The van der Waals surface area contributed by atoms with Gasteiger partial charge in [-0.05, 0) is 60.3 Å². The number of carbonyl (C=O) groups excluding carboxylic acids is 2. The molecule has 31 heavy (non-hydrogen) atoms. The molecule has 1 aliphatic rings. The van der Waals surface area contributed by atoms with Crippen molar-refractivity contribution < 1.29 is 9.59 Å². The van der Waals surface area contributed by atoms with Crippen LogP contribution in [0.1, 0.15) is 33.2 Å². The molecule has 0 aliphatic carbocycles. The fourth-order valence-electron chi connectivity index (χ4n) is 3.86. The molecule has 1 aromatic heterocycles. The first-order valence-corrected chi connectivity index (χ1v) is 11.0. The Kier molecular flexibility index (Phi) is 5.00. The average Bonchev–Trinajstić information content (AvgIpc) is 3.22. The van der Waals surface area contributed by atoms with Gasteiger partial charge in [-0.15, -0.1) is 0 Å². The van der Waals surface area contributed by atoms with Crippen LogP contribution < -0.4 is 10.2 Å². The van der Waals surface area contributed by atoms with Crippen LogP contribution in [0.25, 0.3) is 10.9 Å². The summed E-state index contributed by atoms with van der Waals surface area (Å²) in [6.45, 7) is 2.91. The van der Waals surface area contributed by atoms with Crippen molar-refractivity contribution in [2.75, 3.05) is 11.4 Å². The Morgan fingerprint density at radius 3 is 2.77 bits per heavy atom. The van der Waals surface area contributed by atoms with Gasteiger partial charge in [0.25, 0.3) is 11.8 Å². The number of fused-ring (bicyclic) bond motifs is 3. The molecule has 0 spiro atoms. The Hall–Kier alpha value is -3.51. The minimum absolute atomic E-state index is 0.0406. The van der Waals surface area contributed by atoms with E-state index >= 15 is 0 Å². The van der Waals surface area contributed by atoms with Crippen molar-refractivity contribution in [2.45, 2.75) is 23.3 Å². The van der Waals surface area contributed by atoms with Crippen LogP contribution in [0, 0.1) is 0 Å². The number of aromatic nitrogens is 1. The Morgan fingerprint density at radius 1 is 1.03 bits per heavy atom. The molecule has 154 valence electrons. The second kappa shape index (κ2) is 7.96. The second-order valence-electron chi connectivity index (χ2n) is 7.41. The number of hydrogen-bond acceptors (Lipinski definition) is 3. The first-order valence-electron chi connectivity index (χ1n) is 10.2. The van der Waals surface area contributed by atoms with E-state index in [-0.39, 0.29) is 11.8 Å². The van der Waals surface area contributed by atoms with Gasteiger partial charge >= 0.3 is 0 Å². The summed E-state index contributed by atoms with van der Waals surface area (Å²) in [5.41, 5.74) is 4.07. The van der Waals surface area contributed by atoms with Crippen molar-refractivity contribution in [1.29, 1.82) is 0 Å². The lowest BCUT2D eigenvalue weighted by molar-refractivity contribution is 0.0947. The summed E-state index contributed by atoms with van der Waals surface area (Å²) >= 11 is 1.56. The predicted molar refractivity (Wildman–Crippen MR) is 124 cm³/mol. The van der Waals surface area contributed by atoms with Gasteiger partial charge in [-0.2, -0.15) is 0 Å². The largest absolute Gasteiger partial charge is 0.361 e. The third-order valence-corrected chi connectivity index (χ3v) is 6.62. The zero-order valence-electron chi connectivity index (χ0n) is 17.0. The highest BCUT2D eigenvalue weighted by molar-refractivity contribution is 7.99. The van der Waals surface area contributed by atoms with E-state index in [4.69, 9.17) is 0 Å². The molecule has 0 saturated carbocycles. The highest BCUT2D eigenvalue weighted by Crippen LogP contribution is 2.41. The number of nitrogens with zero attached hydrogens (tertiary/aromatic N) is 1. The molecule has 2 amide bonds. The molecule has 6 heteroatoms. The molecule has 4 aromatic rings. The zero-order chi connectivity index (χ0) is 21.4. The summed E-state index contributed by atoms with van der Waals surface area (Å²) in [6, 6.07) is 21.3. The van der Waals surface area contributed by atoms with Gasteiger partial charge in [0.15, 0.2) is 0 Å². The van der Waals surface area contributed by atoms with Crippen LogP contribution in [-0.4, -0.2) is 23.3 Å². The van der Waals surface area contributed by atoms with Crippen molar-refractivity contribution in [3.05, 3.63) is 89.6 Å². The molecule has 0 bridgehead atoms. The summed E-state index contributed by atoms with van der Waals surface area (Å²) in [5.74, 6) is -0.203. The Balaban J connectivity index is 1.40. The lowest BCUT2D eigenvalue weighted by Crippen LogP contribution is -2.31. The minimum atomic E-state index is -0.162. The molecule has 0 fully saturated rings. The molecule has 1 aliphatic heterocycles. The fraction of sp³-hybridized carbons (Fsp3) is 0.120. The SMILES string of the molecule is CCN1C(=O)c2ccccc2Sc2ccc(C(=O)NCc3ccc4cc[nH]c4c3)cc21. The standard InChI is InChI=1S/C25H21N3O2S/c1-2-28-21-14-18(9-10-23(21)31-22-6-4-3-5-19(22)25(28)30)24(29)27-15-16-7-8-17-11-12-26-20(17)13-16/h3-14,26H,2,15H2,1H3,(H,27,29). The highest BCUT2D eigenvalue weighted by atomic mass is 32.2. The monoisotopic (exact) mass is 427 g/mol. The molecule has 2 N–H and O–H groups in total. The van der Waals surface area contributed by atoms with Crippen LogP contribution in [-0.2, 0) is 6.54 Å². The van der Waals surface area contributed by atoms with Crippen LogP contribution in [0.2, 0.25) is 0 Å². The van der Waals surface area contributed by atoms with E-state index in [0.717, 1.165) is 31.9 Å². The summed E-state index contributed by atoms with van der Waals surface area (Å²) in [5, 5.41) is 4.13. The van der Waals surface area contributed by atoms with Crippen molar-refractivity contribution in [1.82, 2.24) is 10.3 Å². The van der Waals surface area contributed by atoms with E-state index in [1.165, 1.54) is 0 Å². The predicted octanol–water partition coefficient (Wildman–Crippen LogP) is 5.23. The quantitative estimate of drug-likeness (QED) is 0.469. The van der Waals surface area contributed by atoms with Crippen molar-refractivity contribution in [3.8, 4) is 0 Å². The number of H-pyrrole nitrogens is 1. The maximum atomic E-state index is 13.1.